The van der Waals surface area contributed by atoms with Crippen LogP contribution in [-0.2, 0) is 11.4 Å². The maximum atomic E-state index is 10.6. The minimum Gasteiger partial charge on any atom is -0.392 e. The molecule has 0 aliphatic heterocycles. The molecule has 2 rings (SSSR count). The molecule has 0 radical (unpaired) electrons. The Balaban J connectivity index is 0.000000200. The molecule has 3 nitrogen and oxygen atoms in total. The predicted octanol–water partition coefficient (Wildman–Crippen LogP) is 2.36. The van der Waals surface area contributed by atoms with Gasteiger partial charge in [-0.05, 0) is 11.1 Å². The molecule has 0 bridgehead atoms. The molecular weight excluding hydrogens is 238 g/mol. The first-order valence-corrected chi connectivity index (χ1v) is 5.84. The van der Waals surface area contributed by atoms with Crippen molar-refractivity contribution in [3.63, 3.8) is 0 Å². The summed E-state index contributed by atoms with van der Waals surface area (Å²) in [5.74, 6) is -0.476. The number of hydrogen-bond acceptors (Lipinski definition) is 2. The van der Waals surface area contributed by atoms with E-state index in [1.165, 1.54) is 0 Å². The number of aliphatic hydroxyl groups excluding tert-OH is 1. The van der Waals surface area contributed by atoms with Crippen molar-refractivity contribution in [1.82, 2.24) is 0 Å². The fourth-order valence-corrected chi connectivity index (χ4v) is 1.37. The first-order chi connectivity index (χ1) is 9.15. The molecule has 0 aliphatic carbocycles. The topological polar surface area (TPSA) is 63.3 Å². The molecule has 0 fully saturated rings. The number of hydrogen-bond donors (Lipinski definition) is 2. The zero-order valence-electron chi connectivity index (χ0n) is 10.6. The van der Waals surface area contributed by atoms with E-state index in [0.717, 1.165) is 11.1 Å². The van der Waals surface area contributed by atoms with Crippen molar-refractivity contribution < 1.29 is 9.90 Å². The molecule has 0 heterocycles. The number of aliphatic hydroxyl groups is 1. The quantitative estimate of drug-likeness (QED) is 0.827. The lowest BCUT2D eigenvalue weighted by Crippen LogP contribution is -2.11. The van der Waals surface area contributed by atoms with Crippen LogP contribution in [0.25, 0.3) is 5.57 Å². The van der Waals surface area contributed by atoms with E-state index in [4.69, 9.17) is 10.8 Å². The van der Waals surface area contributed by atoms with E-state index in [2.05, 4.69) is 6.58 Å². The highest BCUT2D eigenvalue weighted by Gasteiger charge is 2.02. The normalized spacial score (nSPS) is 9.11. The van der Waals surface area contributed by atoms with Crippen LogP contribution in [0.3, 0.4) is 0 Å². The van der Waals surface area contributed by atoms with Gasteiger partial charge in [0, 0.05) is 5.57 Å². The van der Waals surface area contributed by atoms with E-state index in [9.17, 15) is 4.79 Å². The van der Waals surface area contributed by atoms with Gasteiger partial charge in [-0.15, -0.1) is 0 Å². The Bertz CT molecular complexity index is 521. The van der Waals surface area contributed by atoms with Gasteiger partial charge in [-0.3, -0.25) is 4.79 Å². The van der Waals surface area contributed by atoms with E-state index in [-0.39, 0.29) is 6.61 Å². The van der Waals surface area contributed by atoms with Crippen molar-refractivity contribution in [2.75, 3.05) is 0 Å². The first kappa shape index (κ1) is 14.7. The lowest BCUT2D eigenvalue weighted by molar-refractivity contribution is -0.112. The minimum atomic E-state index is -0.476. The van der Waals surface area contributed by atoms with Crippen LogP contribution in [0.2, 0.25) is 0 Å². The van der Waals surface area contributed by atoms with Gasteiger partial charge in [-0.2, -0.15) is 0 Å². The Morgan fingerprint density at radius 3 is 1.84 bits per heavy atom. The molecule has 2 aromatic carbocycles. The van der Waals surface area contributed by atoms with Gasteiger partial charge in [0.2, 0.25) is 5.91 Å². The third kappa shape index (κ3) is 5.19. The molecule has 0 atom stereocenters. The van der Waals surface area contributed by atoms with Gasteiger partial charge in [0.1, 0.15) is 0 Å². The molecule has 0 unspecified atom stereocenters. The van der Waals surface area contributed by atoms with Gasteiger partial charge in [-0.25, -0.2) is 0 Å². The second-order valence-corrected chi connectivity index (χ2v) is 3.85. The zero-order valence-corrected chi connectivity index (χ0v) is 10.6. The second kappa shape index (κ2) is 7.84. The van der Waals surface area contributed by atoms with Gasteiger partial charge in [0.05, 0.1) is 6.61 Å². The minimum absolute atomic E-state index is 0.140. The van der Waals surface area contributed by atoms with E-state index < -0.39 is 5.91 Å². The summed E-state index contributed by atoms with van der Waals surface area (Å²) in [6.45, 7) is 3.69. The molecule has 3 N–H and O–H groups in total. The van der Waals surface area contributed by atoms with Crippen LogP contribution >= 0.6 is 0 Å². The zero-order chi connectivity index (χ0) is 14.1. The van der Waals surface area contributed by atoms with Gasteiger partial charge in [0.15, 0.2) is 0 Å². The molecule has 0 saturated heterocycles. The fraction of sp³-hybridized carbons (Fsp3) is 0.0625. The second-order valence-electron chi connectivity index (χ2n) is 3.85. The summed E-state index contributed by atoms with van der Waals surface area (Å²) >= 11 is 0. The molecule has 0 saturated carbocycles. The third-order valence-corrected chi connectivity index (χ3v) is 2.45. The van der Waals surface area contributed by atoms with Gasteiger partial charge < -0.3 is 10.8 Å². The van der Waals surface area contributed by atoms with Crippen LogP contribution in [-0.4, -0.2) is 11.0 Å². The summed E-state index contributed by atoms with van der Waals surface area (Å²) in [5, 5.41) is 8.54. The summed E-state index contributed by atoms with van der Waals surface area (Å²) < 4.78 is 0. The highest BCUT2D eigenvalue weighted by molar-refractivity contribution is 6.17. The van der Waals surface area contributed by atoms with Crippen LogP contribution in [0.5, 0.6) is 0 Å². The van der Waals surface area contributed by atoms with E-state index in [0.29, 0.717) is 5.57 Å². The maximum Gasteiger partial charge on any atom is 0.248 e. The number of benzene rings is 2. The fourth-order valence-electron chi connectivity index (χ4n) is 1.37. The van der Waals surface area contributed by atoms with Crippen LogP contribution in [0.4, 0.5) is 0 Å². The monoisotopic (exact) mass is 255 g/mol. The molecule has 0 aromatic heterocycles. The number of carbonyl (C=O) groups excluding carboxylic acids is 1. The first-order valence-electron chi connectivity index (χ1n) is 5.84. The highest BCUT2D eigenvalue weighted by Crippen LogP contribution is 2.09. The Labute approximate surface area is 113 Å². The van der Waals surface area contributed by atoms with Crippen molar-refractivity contribution in [2.45, 2.75) is 6.61 Å². The van der Waals surface area contributed by atoms with E-state index in [1.54, 1.807) is 12.1 Å². The van der Waals surface area contributed by atoms with Crippen molar-refractivity contribution in [3.8, 4) is 0 Å². The van der Waals surface area contributed by atoms with Gasteiger partial charge >= 0.3 is 0 Å². The Kier molecular flexibility index (Phi) is 6.06. The lowest BCUT2D eigenvalue weighted by Gasteiger charge is -1.98. The Morgan fingerprint density at radius 2 is 1.47 bits per heavy atom. The Hall–Kier alpha value is -2.39. The molecule has 0 aliphatic rings. The Morgan fingerprint density at radius 1 is 1.00 bits per heavy atom. The number of amides is 1. The number of rotatable bonds is 3. The molecule has 19 heavy (non-hydrogen) atoms. The summed E-state index contributed by atoms with van der Waals surface area (Å²) in [6, 6.07) is 18.7. The van der Waals surface area contributed by atoms with Crippen LogP contribution < -0.4 is 5.73 Å². The summed E-state index contributed by atoms with van der Waals surface area (Å²) in [6.07, 6.45) is 0. The predicted molar refractivity (Wildman–Crippen MR) is 77.0 cm³/mol. The number of primary amides is 1. The van der Waals surface area contributed by atoms with Crippen molar-refractivity contribution in [3.05, 3.63) is 78.4 Å². The van der Waals surface area contributed by atoms with Crippen molar-refractivity contribution in [1.29, 1.82) is 0 Å². The van der Waals surface area contributed by atoms with Crippen LogP contribution in [0, 0.1) is 0 Å². The molecule has 0 spiro atoms. The summed E-state index contributed by atoms with van der Waals surface area (Å²) in [5.41, 5.74) is 7.12. The molecule has 2 aromatic rings. The summed E-state index contributed by atoms with van der Waals surface area (Å²) in [4.78, 5) is 10.6. The largest absolute Gasteiger partial charge is 0.392 e. The van der Waals surface area contributed by atoms with Gasteiger partial charge in [0.25, 0.3) is 0 Å². The third-order valence-electron chi connectivity index (χ3n) is 2.45. The summed E-state index contributed by atoms with van der Waals surface area (Å²) in [7, 11) is 0. The SMILES string of the molecule is C=C(C(N)=O)c1ccccc1.OCc1ccccc1. The molecular formula is C16H17NO2. The van der Waals surface area contributed by atoms with E-state index >= 15 is 0 Å². The lowest BCUT2D eigenvalue weighted by atomic mass is 10.1. The highest BCUT2D eigenvalue weighted by atomic mass is 16.3. The standard InChI is InChI=1S/C9H9NO.C7H8O/c1-7(9(10)11)8-5-3-2-4-6-8;8-6-7-4-2-1-3-5-7/h2-6H,1H2,(H2,10,11);1-5,8H,6H2. The number of carbonyl (C=O) groups is 1. The van der Waals surface area contributed by atoms with Crippen LogP contribution in [0.15, 0.2) is 67.2 Å². The number of nitrogens with two attached hydrogens (primary N) is 1. The average molecular weight is 255 g/mol. The van der Waals surface area contributed by atoms with Crippen molar-refractivity contribution >= 4 is 11.5 Å². The van der Waals surface area contributed by atoms with E-state index in [1.807, 2.05) is 48.5 Å². The molecule has 1 amide bonds. The average Bonchev–Trinajstić information content (AvgIpc) is 2.48. The van der Waals surface area contributed by atoms with Crippen molar-refractivity contribution in [2.24, 2.45) is 5.73 Å². The van der Waals surface area contributed by atoms with Gasteiger partial charge in [-0.1, -0.05) is 67.2 Å². The molecule has 98 valence electrons. The smallest absolute Gasteiger partial charge is 0.248 e. The molecule has 3 heteroatoms. The maximum absolute atomic E-state index is 10.6. The van der Waals surface area contributed by atoms with Crippen LogP contribution in [0.1, 0.15) is 11.1 Å².